The summed E-state index contributed by atoms with van der Waals surface area (Å²) < 4.78 is 4.64. The lowest BCUT2D eigenvalue weighted by Crippen LogP contribution is -1.98. The van der Waals surface area contributed by atoms with E-state index in [0.717, 1.165) is 23.4 Å². The first-order chi connectivity index (χ1) is 7.26. The predicted molar refractivity (Wildman–Crippen MR) is 61.8 cm³/mol. The zero-order valence-corrected chi connectivity index (χ0v) is 9.71. The number of H-pyrrole nitrogens is 1. The van der Waals surface area contributed by atoms with Gasteiger partial charge in [-0.1, -0.05) is 6.92 Å². The Morgan fingerprint density at radius 1 is 1.47 bits per heavy atom. The molecule has 0 amide bonds. The van der Waals surface area contributed by atoms with Gasteiger partial charge in [0.05, 0.1) is 11.9 Å². The summed E-state index contributed by atoms with van der Waals surface area (Å²) >= 11 is 5.24. The van der Waals surface area contributed by atoms with Gasteiger partial charge in [0.25, 0.3) is 0 Å². The number of aromatic amines is 1. The lowest BCUT2D eigenvalue weighted by Gasteiger charge is -2.02. The average Bonchev–Trinajstić information content (AvgIpc) is 2.83. The van der Waals surface area contributed by atoms with Crippen LogP contribution in [0.25, 0.3) is 5.69 Å². The molecule has 0 radical (unpaired) electrons. The minimum atomic E-state index is 0.725. The number of nitrogens with zero attached hydrogens (tertiary/aromatic N) is 3. The van der Waals surface area contributed by atoms with Crippen LogP contribution in [0.4, 0.5) is 0 Å². The van der Waals surface area contributed by atoms with Gasteiger partial charge in [0.1, 0.15) is 0 Å². The lowest BCUT2D eigenvalue weighted by atomic mass is 10.3. The predicted octanol–water partition coefficient (Wildman–Crippen LogP) is 2.31. The maximum atomic E-state index is 5.24. The van der Waals surface area contributed by atoms with Gasteiger partial charge in [-0.05, 0) is 25.6 Å². The van der Waals surface area contributed by atoms with E-state index in [0.29, 0.717) is 0 Å². The standard InChI is InChI=1S/C10H14N4S/c1-3-8-5-11-10(15)14(8)9-6-12-13(4-2)7-9/h5-7H,3-4H2,1-2H3,(H,11,15). The maximum absolute atomic E-state index is 5.24. The smallest absolute Gasteiger partial charge is 0.182 e. The van der Waals surface area contributed by atoms with Gasteiger partial charge in [0, 0.05) is 24.6 Å². The molecule has 0 fully saturated rings. The maximum Gasteiger partial charge on any atom is 0.182 e. The van der Waals surface area contributed by atoms with Crippen molar-refractivity contribution in [3.05, 3.63) is 29.1 Å². The van der Waals surface area contributed by atoms with E-state index in [-0.39, 0.29) is 0 Å². The first-order valence-corrected chi connectivity index (χ1v) is 5.49. The van der Waals surface area contributed by atoms with Crippen LogP contribution in [0.2, 0.25) is 0 Å². The summed E-state index contributed by atoms with van der Waals surface area (Å²) in [5, 5.41) is 4.24. The third-order valence-electron chi connectivity index (χ3n) is 2.42. The Labute approximate surface area is 93.6 Å². The average molecular weight is 222 g/mol. The van der Waals surface area contributed by atoms with E-state index in [4.69, 9.17) is 12.2 Å². The number of aromatic nitrogens is 4. The number of aryl methyl sites for hydroxylation is 2. The van der Waals surface area contributed by atoms with Crippen LogP contribution in [-0.4, -0.2) is 19.3 Å². The zero-order chi connectivity index (χ0) is 10.8. The minimum absolute atomic E-state index is 0.725. The minimum Gasteiger partial charge on any atom is -0.337 e. The molecule has 0 aliphatic carbocycles. The van der Waals surface area contributed by atoms with Gasteiger partial charge in [-0.25, -0.2) is 0 Å². The second-order valence-electron chi connectivity index (χ2n) is 3.33. The van der Waals surface area contributed by atoms with E-state index >= 15 is 0 Å². The highest BCUT2D eigenvalue weighted by Gasteiger charge is 2.06. The molecule has 2 aromatic heterocycles. The van der Waals surface area contributed by atoms with Gasteiger partial charge in [0.15, 0.2) is 4.77 Å². The van der Waals surface area contributed by atoms with E-state index in [1.165, 1.54) is 5.69 Å². The van der Waals surface area contributed by atoms with Crippen LogP contribution in [0.1, 0.15) is 19.5 Å². The van der Waals surface area contributed by atoms with Gasteiger partial charge in [-0.15, -0.1) is 0 Å². The zero-order valence-electron chi connectivity index (χ0n) is 8.90. The first-order valence-electron chi connectivity index (χ1n) is 5.08. The van der Waals surface area contributed by atoms with E-state index in [1.807, 2.05) is 27.8 Å². The largest absolute Gasteiger partial charge is 0.337 e. The molecule has 0 saturated heterocycles. The molecular weight excluding hydrogens is 208 g/mol. The molecule has 2 heterocycles. The van der Waals surface area contributed by atoms with E-state index in [9.17, 15) is 0 Å². The third-order valence-corrected chi connectivity index (χ3v) is 2.72. The number of hydrogen-bond acceptors (Lipinski definition) is 2. The lowest BCUT2D eigenvalue weighted by molar-refractivity contribution is 0.659. The molecule has 5 heteroatoms. The normalized spacial score (nSPS) is 10.8. The first kappa shape index (κ1) is 10.2. The molecular formula is C10H14N4S. The molecule has 0 spiro atoms. The Hall–Kier alpha value is -1.36. The topological polar surface area (TPSA) is 38.5 Å². The van der Waals surface area contributed by atoms with Crippen molar-refractivity contribution in [1.82, 2.24) is 19.3 Å². The summed E-state index contributed by atoms with van der Waals surface area (Å²) in [7, 11) is 0. The fourth-order valence-corrected chi connectivity index (χ4v) is 1.87. The Balaban J connectivity index is 2.52. The summed E-state index contributed by atoms with van der Waals surface area (Å²) in [6.07, 6.45) is 6.74. The quantitative estimate of drug-likeness (QED) is 0.809. The summed E-state index contributed by atoms with van der Waals surface area (Å²) in [5.74, 6) is 0. The summed E-state index contributed by atoms with van der Waals surface area (Å²) in [6.45, 7) is 5.05. The summed E-state index contributed by atoms with van der Waals surface area (Å²) in [6, 6.07) is 0. The van der Waals surface area contributed by atoms with Gasteiger partial charge in [-0.3, -0.25) is 9.25 Å². The summed E-state index contributed by atoms with van der Waals surface area (Å²) in [4.78, 5) is 3.05. The molecule has 0 bridgehead atoms. The molecule has 2 aromatic rings. The van der Waals surface area contributed by atoms with E-state index < -0.39 is 0 Å². The fourth-order valence-electron chi connectivity index (χ4n) is 1.59. The fraction of sp³-hybridized carbons (Fsp3) is 0.400. The molecule has 15 heavy (non-hydrogen) atoms. The molecule has 2 rings (SSSR count). The molecule has 0 unspecified atom stereocenters. The van der Waals surface area contributed by atoms with Crippen molar-refractivity contribution in [3.8, 4) is 5.69 Å². The van der Waals surface area contributed by atoms with Gasteiger partial charge < -0.3 is 4.98 Å². The number of nitrogens with one attached hydrogen (secondary N) is 1. The molecule has 0 atom stereocenters. The third kappa shape index (κ3) is 1.74. The molecule has 0 saturated carbocycles. The second kappa shape index (κ2) is 4.02. The second-order valence-corrected chi connectivity index (χ2v) is 3.72. The van der Waals surface area contributed by atoms with Crippen molar-refractivity contribution >= 4 is 12.2 Å². The van der Waals surface area contributed by atoms with E-state index in [1.54, 1.807) is 0 Å². The van der Waals surface area contributed by atoms with Gasteiger partial charge in [0.2, 0.25) is 0 Å². The van der Waals surface area contributed by atoms with Crippen molar-refractivity contribution in [2.45, 2.75) is 26.8 Å². The Bertz CT molecular complexity index is 505. The van der Waals surface area contributed by atoms with Crippen molar-refractivity contribution in [1.29, 1.82) is 0 Å². The number of rotatable bonds is 3. The molecule has 0 aromatic carbocycles. The van der Waals surface area contributed by atoms with Gasteiger partial charge in [-0.2, -0.15) is 5.10 Å². The van der Waals surface area contributed by atoms with Crippen molar-refractivity contribution in [2.75, 3.05) is 0 Å². The van der Waals surface area contributed by atoms with Crippen LogP contribution in [0.15, 0.2) is 18.6 Å². The van der Waals surface area contributed by atoms with Crippen molar-refractivity contribution in [2.24, 2.45) is 0 Å². The van der Waals surface area contributed by atoms with Crippen LogP contribution >= 0.6 is 12.2 Å². The highest BCUT2D eigenvalue weighted by Crippen LogP contribution is 2.12. The highest BCUT2D eigenvalue weighted by atomic mass is 32.1. The van der Waals surface area contributed by atoms with Crippen LogP contribution in [0, 0.1) is 4.77 Å². The molecule has 0 aliphatic rings. The monoisotopic (exact) mass is 222 g/mol. The van der Waals surface area contributed by atoms with Crippen LogP contribution < -0.4 is 0 Å². The van der Waals surface area contributed by atoms with Crippen molar-refractivity contribution < 1.29 is 0 Å². The molecule has 80 valence electrons. The van der Waals surface area contributed by atoms with Crippen LogP contribution in [0.5, 0.6) is 0 Å². The summed E-state index contributed by atoms with van der Waals surface area (Å²) in [5.41, 5.74) is 2.20. The molecule has 1 N–H and O–H groups in total. The molecule has 4 nitrogen and oxygen atoms in total. The van der Waals surface area contributed by atoms with Crippen LogP contribution in [-0.2, 0) is 13.0 Å². The Morgan fingerprint density at radius 3 is 2.87 bits per heavy atom. The number of hydrogen-bond donors (Lipinski definition) is 1. The molecule has 0 aliphatic heterocycles. The SMILES string of the molecule is CCc1c[nH]c(=S)n1-c1cnn(CC)c1. The Kier molecular flexibility index (Phi) is 2.73. The number of imidazole rings is 1. The van der Waals surface area contributed by atoms with E-state index in [2.05, 4.69) is 23.9 Å². The highest BCUT2D eigenvalue weighted by molar-refractivity contribution is 7.71. The van der Waals surface area contributed by atoms with Crippen molar-refractivity contribution in [3.63, 3.8) is 0 Å². The Morgan fingerprint density at radius 2 is 2.27 bits per heavy atom. The van der Waals surface area contributed by atoms with Gasteiger partial charge >= 0.3 is 0 Å². The van der Waals surface area contributed by atoms with Crippen LogP contribution in [0.3, 0.4) is 0 Å².